The summed E-state index contributed by atoms with van der Waals surface area (Å²) in [6.45, 7) is 5.57. The van der Waals surface area contributed by atoms with Crippen LogP contribution in [0.2, 0.25) is 0 Å². The first-order valence-corrected chi connectivity index (χ1v) is 29.2. The highest BCUT2D eigenvalue weighted by Crippen LogP contribution is 2.26. The van der Waals surface area contributed by atoms with Crippen molar-refractivity contribution < 1.29 is 58.2 Å². The van der Waals surface area contributed by atoms with E-state index in [1.165, 1.54) is 0 Å². The number of rotatable bonds is 47. The first-order valence-electron chi connectivity index (χ1n) is 29.2. The van der Waals surface area contributed by atoms with Crippen molar-refractivity contribution in [1.82, 2.24) is 0 Å². The van der Waals surface area contributed by atoms with Gasteiger partial charge in [0, 0.05) is 19.3 Å². The molecule has 0 aromatic rings. The number of carbonyl (C=O) groups is 4. The fraction of sp³-hybridized carbons (Fsp3) is 0.600. The Bertz CT molecular complexity index is 1850. The summed E-state index contributed by atoms with van der Waals surface area (Å²) in [6, 6.07) is 0. The maximum atomic E-state index is 13.2. The van der Waals surface area contributed by atoms with Gasteiger partial charge in [0.15, 0.2) is 24.6 Å². The zero-order valence-electron chi connectivity index (χ0n) is 47.4. The molecular weight excluding hydrogens is 973 g/mol. The second-order valence-corrected chi connectivity index (χ2v) is 19.1. The van der Waals surface area contributed by atoms with Gasteiger partial charge >= 0.3 is 23.9 Å². The normalized spacial score (nSPS) is 19.0. The first kappa shape index (κ1) is 69.9. The van der Waals surface area contributed by atoms with E-state index in [2.05, 4.69) is 136 Å². The minimum absolute atomic E-state index is 0.0716. The summed E-state index contributed by atoms with van der Waals surface area (Å²) in [6.07, 6.45) is 60.1. The van der Waals surface area contributed by atoms with Gasteiger partial charge in [0.1, 0.15) is 18.8 Å². The molecule has 0 bridgehead atoms. The van der Waals surface area contributed by atoms with Crippen LogP contribution >= 0.6 is 0 Å². The van der Waals surface area contributed by atoms with Gasteiger partial charge < -0.3 is 39.0 Å². The number of carboxylic acids is 1. The van der Waals surface area contributed by atoms with Gasteiger partial charge in [0.05, 0.1) is 6.61 Å². The molecule has 0 aliphatic carbocycles. The Morgan fingerprint density at radius 3 is 1.23 bits per heavy atom. The molecule has 1 heterocycles. The van der Waals surface area contributed by atoms with E-state index in [0.29, 0.717) is 25.7 Å². The van der Waals surface area contributed by atoms with Gasteiger partial charge in [-0.05, 0) is 116 Å². The molecule has 6 atom stereocenters. The molecule has 1 aliphatic rings. The smallest absolute Gasteiger partial charge is 0.335 e. The van der Waals surface area contributed by atoms with E-state index in [0.717, 1.165) is 135 Å². The summed E-state index contributed by atoms with van der Waals surface area (Å²) in [5.41, 5.74) is 0. The molecule has 0 spiro atoms. The molecule has 1 rings (SSSR count). The second-order valence-electron chi connectivity index (χ2n) is 19.1. The van der Waals surface area contributed by atoms with E-state index in [-0.39, 0.29) is 25.9 Å². The van der Waals surface area contributed by atoms with Crippen molar-refractivity contribution in [2.45, 2.75) is 237 Å². The molecule has 432 valence electrons. The Labute approximate surface area is 464 Å². The van der Waals surface area contributed by atoms with E-state index in [1.807, 2.05) is 18.2 Å². The maximum Gasteiger partial charge on any atom is 0.335 e. The molecule has 0 radical (unpaired) electrons. The van der Waals surface area contributed by atoms with Crippen molar-refractivity contribution in [2.75, 3.05) is 13.2 Å². The zero-order chi connectivity index (χ0) is 56.1. The first-order chi connectivity index (χ1) is 37.6. The van der Waals surface area contributed by atoms with Crippen LogP contribution in [0.4, 0.5) is 0 Å². The largest absolute Gasteiger partial charge is 0.479 e. The molecule has 12 nitrogen and oxygen atoms in total. The number of hydrogen-bond acceptors (Lipinski definition) is 11. The molecule has 0 aromatic carbocycles. The predicted octanol–water partition coefficient (Wildman–Crippen LogP) is 15.0. The Kier molecular flexibility index (Phi) is 46.8. The lowest BCUT2D eigenvalue weighted by Crippen LogP contribution is -2.61. The van der Waals surface area contributed by atoms with E-state index in [4.69, 9.17) is 23.7 Å². The lowest BCUT2D eigenvalue weighted by molar-refractivity contribution is -0.301. The van der Waals surface area contributed by atoms with Crippen LogP contribution in [0.25, 0.3) is 0 Å². The highest BCUT2D eigenvalue weighted by Gasteiger charge is 2.50. The number of aliphatic carboxylic acids is 1. The van der Waals surface area contributed by atoms with Crippen LogP contribution < -0.4 is 0 Å². The summed E-state index contributed by atoms with van der Waals surface area (Å²) >= 11 is 0. The van der Waals surface area contributed by atoms with Gasteiger partial charge in [-0.2, -0.15) is 0 Å². The van der Waals surface area contributed by atoms with Gasteiger partial charge in [-0.1, -0.05) is 199 Å². The predicted molar refractivity (Wildman–Crippen MR) is 312 cm³/mol. The lowest BCUT2D eigenvalue weighted by atomic mass is 9.98. The quantitative estimate of drug-likeness (QED) is 0.0228. The topological polar surface area (TPSA) is 175 Å². The Hall–Kier alpha value is -5.14. The second kappa shape index (κ2) is 51.6. The highest BCUT2D eigenvalue weighted by molar-refractivity contribution is 5.74. The maximum absolute atomic E-state index is 13.2. The van der Waals surface area contributed by atoms with Gasteiger partial charge in [-0.25, -0.2) is 4.79 Å². The molecule has 1 aliphatic heterocycles. The van der Waals surface area contributed by atoms with Crippen LogP contribution in [-0.2, 0) is 42.9 Å². The molecule has 0 amide bonds. The van der Waals surface area contributed by atoms with Crippen molar-refractivity contribution in [2.24, 2.45) is 0 Å². The average Bonchev–Trinajstić information content (AvgIpc) is 3.42. The van der Waals surface area contributed by atoms with Crippen LogP contribution in [-0.4, -0.2) is 89.2 Å². The summed E-state index contributed by atoms with van der Waals surface area (Å²) in [4.78, 5) is 51.1. The van der Waals surface area contributed by atoms with E-state index in [1.54, 1.807) is 0 Å². The number of ether oxygens (including phenoxy) is 5. The molecule has 6 unspecified atom stereocenters. The Morgan fingerprint density at radius 1 is 0.429 bits per heavy atom. The molecule has 0 saturated carbocycles. The molecule has 77 heavy (non-hydrogen) atoms. The number of carbonyl (C=O) groups excluding carboxylic acids is 3. The van der Waals surface area contributed by atoms with Crippen LogP contribution in [0.15, 0.2) is 134 Å². The van der Waals surface area contributed by atoms with Crippen LogP contribution in [0.1, 0.15) is 201 Å². The zero-order valence-corrected chi connectivity index (χ0v) is 47.4. The van der Waals surface area contributed by atoms with Crippen LogP contribution in [0.3, 0.4) is 0 Å². The third kappa shape index (κ3) is 41.6. The summed E-state index contributed by atoms with van der Waals surface area (Å²) in [5, 5.41) is 31.4. The van der Waals surface area contributed by atoms with Crippen LogP contribution in [0.5, 0.6) is 0 Å². The SMILES string of the molecule is CC/C=C\C/C=C\C/C=C\C/C=C\CCCCCCC(=O)OCC(COC1OC(C(=O)O)C(O)C(O)C1OC(=O)CC/C=C\C/C=C\C/C=C\C/C=C\CC)OC(=O)CCCCCCCCC/C=C\C/C=C\C/C=C\CC. The highest BCUT2D eigenvalue weighted by atomic mass is 16.7. The average molecular weight is 1070 g/mol. The van der Waals surface area contributed by atoms with Crippen molar-refractivity contribution in [3.05, 3.63) is 134 Å². The monoisotopic (exact) mass is 1070 g/mol. The number of esters is 3. The Balaban J connectivity index is 2.76. The minimum Gasteiger partial charge on any atom is -0.479 e. The van der Waals surface area contributed by atoms with E-state index in [9.17, 15) is 34.5 Å². The molecule has 0 aromatic heterocycles. The van der Waals surface area contributed by atoms with Crippen molar-refractivity contribution in [3.8, 4) is 0 Å². The number of allylic oxidation sites excluding steroid dienone is 22. The van der Waals surface area contributed by atoms with Gasteiger partial charge in [-0.3, -0.25) is 14.4 Å². The van der Waals surface area contributed by atoms with Crippen molar-refractivity contribution in [3.63, 3.8) is 0 Å². The third-order valence-electron chi connectivity index (χ3n) is 12.2. The standard InChI is InChI=1S/C65H100O12/c1-4-7-10-13-16-19-22-25-27-29-31-34-36-39-42-45-48-51-57(66)73-54-56(75-58(67)52-49-46-43-40-38-35-32-30-28-26-23-20-17-14-11-8-5-2)55-74-65-63(61(70)60(69)62(77-65)64(71)72)76-59(68)53-50-47-44-41-37-33-24-21-18-15-12-9-6-3/h7-12,16-21,25-28,31,33-34,37,44,47,56,60-63,65,69-70H,4-6,13-15,22-24,29-30,32,35-36,38-43,45-46,48-55H2,1-3H3,(H,71,72)/b10-7-,11-8-,12-9-,19-16-,20-17-,21-18-,27-25-,28-26-,34-31-,37-33-,47-44-. The van der Waals surface area contributed by atoms with E-state index < -0.39 is 67.3 Å². The van der Waals surface area contributed by atoms with Gasteiger partial charge in [0.25, 0.3) is 0 Å². The van der Waals surface area contributed by atoms with E-state index >= 15 is 0 Å². The summed E-state index contributed by atoms with van der Waals surface area (Å²) in [5.74, 6) is -3.29. The number of hydrogen-bond donors (Lipinski definition) is 3. The number of aliphatic hydroxyl groups excluding tert-OH is 2. The van der Waals surface area contributed by atoms with Gasteiger partial charge in [0.2, 0.25) is 0 Å². The molecule has 1 saturated heterocycles. The third-order valence-corrected chi connectivity index (χ3v) is 12.2. The number of aliphatic hydroxyl groups is 2. The molecular formula is C65H100O12. The molecule has 1 fully saturated rings. The van der Waals surface area contributed by atoms with Crippen molar-refractivity contribution >= 4 is 23.9 Å². The van der Waals surface area contributed by atoms with Crippen molar-refractivity contribution in [1.29, 1.82) is 0 Å². The lowest BCUT2D eigenvalue weighted by Gasteiger charge is -2.40. The Morgan fingerprint density at radius 2 is 0.805 bits per heavy atom. The molecule has 12 heteroatoms. The number of carboxylic acid groups (broad SMARTS) is 1. The fourth-order valence-corrected chi connectivity index (χ4v) is 7.86. The van der Waals surface area contributed by atoms with Gasteiger partial charge in [-0.15, -0.1) is 0 Å². The fourth-order valence-electron chi connectivity index (χ4n) is 7.86. The summed E-state index contributed by atoms with van der Waals surface area (Å²) < 4.78 is 28.3. The van der Waals surface area contributed by atoms with Crippen LogP contribution in [0, 0.1) is 0 Å². The minimum atomic E-state index is -1.94. The molecule has 3 N–H and O–H groups in total. The number of unbranched alkanes of at least 4 members (excludes halogenated alkanes) is 11. The summed E-state index contributed by atoms with van der Waals surface area (Å²) in [7, 11) is 0.